The zero-order chi connectivity index (χ0) is 10.6. The predicted octanol–water partition coefficient (Wildman–Crippen LogP) is 2.71. The molecule has 0 aliphatic heterocycles. The smallest absolute Gasteiger partial charge is 0.124 e. The Bertz CT molecular complexity index is 415. The Morgan fingerprint density at radius 3 is 2.43 bits per heavy atom. The van der Waals surface area contributed by atoms with Gasteiger partial charge in [0, 0.05) is 11.6 Å². The van der Waals surface area contributed by atoms with E-state index in [0.29, 0.717) is 15.3 Å². The summed E-state index contributed by atoms with van der Waals surface area (Å²) in [6.45, 7) is 0. The molecule has 0 fully saturated rings. The van der Waals surface area contributed by atoms with E-state index in [-0.39, 0.29) is 5.76 Å². The van der Waals surface area contributed by atoms with E-state index in [2.05, 4.69) is 12.6 Å². The van der Waals surface area contributed by atoms with Gasteiger partial charge in [0.05, 0.1) is 15.8 Å². The van der Waals surface area contributed by atoms with Gasteiger partial charge in [-0.1, -0.05) is 12.2 Å². The van der Waals surface area contributed by atoms with Crippen molar-refractivity contribution in [2.45, 2.75) is 0 Å². The maximum atomic E-state index is 9.50. The van der Waals surface area contributed by atoms with E-state index >= 15 is 0 Å². The predicted molar refractivity (Wildman–Crippen MR) is 63.3 cm³/mol. The third-order valence-electron chi connectivity index (χ3n) is 1.57. The molecule has 0 aromatic heterocycles. The highest BCUT2D eigenvalue weighted by Crippen LogP contribution is 2.12. The lowest BCUT2D eigenvalue weighted by Gasteiger charge is -1.99. The molecule has 0 atom stereocenters. The molecule has 70 valence electrons. The summed E-state index contributed by atoms with van der Waals surface area (Å²) >= 11 is 8.56. The van der Waals surface area contributed by atoms with Crippen molar-refractivity contribution in [2.24, 2.45) is 0 Å². The van der Waals surface area contributed by atoms with Gasteiger partial charge in [0.25, 0.3) is 0 Å². The van der Waals surface area contributed by atoms with Gasteiger partial charge in [-0.05, 0) is 24.3 Å². The van der Waals surface area contributed by atoms with Crippen LogP contribution in [0.25, 0.3) is 5.76 Å². The number of aliphatic hydroxyl groups is 1. The van der Waals surface area contributed by atoms with E-state index in [1.54, 1.807) is 24.3 Å². The molecule has 14 heavy (non-hydrogen) atoms. The Morgan fingerprint density at radius 1 is 1.43 bits per heavy atom. The third kappa shape index (κ3) is 2.87. The highest BCUT2D eigenvalue weighted by Gasteiger charge is 1.98. The van der Waals surface area contributed by atoms with E-state index in [4.69, 9.17) is 17.5 Å². The van der Waals surface area contributed by atoms with E-state index < -0.39 is 0 Å². The molecule has 0 bridgehead atoms. The monoisotopic (exact) mass is 221 g/mol. The Hall–Kier alpha value is -1.31. The quantitative estimate of drug-likeness (QED) is 0.349. The van der Waals surface area contributed by atoms with E-state index in [0.717, 1.165) is 0 Å². The minimum atomic E-state index is 0.0505. The summed E-state index contributed by atoms with van der Waals surface area (Å²) in [6, 6.07) is 8.54. The first kappa shape index (κ1) is 10.8. The molecule has 0 aliphatic rings. The molecule has 0 aliphatic carbocycles. The molecular formula is C10H7NOS2. The van der Waals surface area contributed by atoms with Crippen LogP contribution in [0.3, 0.4) is 0 Å². The average Bonchev–Trinajstić information content (AvgIpc) is 2.17. The van der Waals surface area contributed by atoms with E-state index in [1.807, 2.05) is 6.07 Å². The Morgan fingerprint density at radius 2 is 2.00 bits per heavy atom. The standard InChI is InChI=1S/C10H7NOS2/c11-6-7-1-3-8(4-2-7)9(12)5-10(13)14/h1-5,12H,(H,13,14). The van der Waals surface area contributed by atoms with Crippen LogP contribution in [0.2, 0.25) is 0 Å². The van der Waals surface area contributed by atoms with Gasteiger partial charge >= 0.3 is 0 Å². The average molecular weight is 221 g/mol. The van der Waals surface area contributed by atoms with Crippen LogP contribution >= 0.6 is 24.8 Å². The van der Waals surface area contributed by atoms with Crippen molar-refractivity contribution in [1.29, 1.82) is 5.26 Å². The van der Waals surface area contributed by atoms with Crippen molar-refractivity contribution < 1.29 is 5.11 Å². The van der Waals surface area contributed by atoms with Gasteiger partial charge in [-0.3, -0.25) is 0 Å². The zero-order valence-electron chi connectivity index (χ0n) is 7.14. The van der Waals surface area contributed by atoms with Crippen molar-refractivity contribution in [3.63, 3.8) is 0 Å². The molecule has 1 aromatic rings. The maximum Gasteiger partial charge on any atom is 0.124 e. The van der Waals surface area contributed by atoms with Gasteiger partial charge in [0.15, 0.2) is 0 Å². The summed E-state index contributed by atoms with van der Waals surface area (Å²) < 4.78 is 0.312. The van der Waals surface area contributed by atoms with Gasteiger partial charge in [0.1, 0.15) is 5.76 Å². The fourth-order valence-electron chi connectivity index (χ4n) is 0.916. The van der Waals surface area contributed by atoms with Gasteiger partial charge < -0.3 is 5.11 Å². The number of hydrogen-bond donors (Lipinski definition) is 2. The number of hydrogen-bond acceptors (Lipinski definition) is 3. The molecule has 0 unspecified atom stereocenters. The lowest BCUT2D eigenvalue weighted by Crippen LogP contribution is -1.85. The fourth-order valence-corrected chi connectivity index (χ4v) is 1.15. The van der Waals surface area contributed by atoms with Crippen LogP contribution in [-0.2, 0) is 0 Å². The molecule has 0 spiro atoms. The van der Waals surface area contributed by atoms with Gasteiger partial charge in [-0.15, -0.1) is 12.6 Å². The lowest BCUT2D eigenvalue weighted by atomic mass is 10.1. The largest absolute Gasteiger partial charge is 0.507 e. The first-order chi connectivity index (χ1) is 6.63. The van der Waals surface area contributed by atoms with Gasteiger partial charge in [-0.2, -0.15) is 5.26 Å². The third-order valence-corrected chi connectivity index (χ3v) is 1.82. The molecule has 1 aromatic carbocycles. The first-order valence-corrected chi connectivity index (χ1v) is 4.63. The molecule has 1 N–H and O–H groups in total. The summed E-state index contributed by atoms with van der Waals surface area (Å²) in [6.07, 6.45) is 1.37. The second-order valence-electron chi connectivity index (χ2n) is 2.56. The number of benzene rings is 1. The van der Waals surface area contributed by atoms with Crippen LogP contribution in [0.1, 0.15) is 11.1 Å². The summed E-state index contributed by atoms with van der Waals surface area (Å²) in [7, 11) is 0. The molecule has 1 rings (SSSR count). The van der Waals surface area contributed by atoms with Crippen LogP contribution < -0.4 is 0 Å². The zero-order valence-corrected chi connectivity index (χ0v) is 8.85. The number of aliphatic hydroxyl groups excluding tert-OH is 1. The Balaban J connectivity index is 2.99. The summed E-state index contributed by atoms with van der Waals surface area (Å²) in [5, 5.41) is 18.0. The van der Waals surface area contributed by atoms with Crippen LogP contribution in [0, 0.1) is 11.3 Å². The minimum absolute atomic E-state index is 0.0505. The van der Waals surface area contributed by atoms with Gasteiger partial charge in [0.2, 0.25) is 0 Å². The normalized spacial score (nSPS) is 10.7. The summed E-state index contributed by atoms with van der Waals surface area (Å²) in [4.78, 5) is 0. The van der Waals surface area contributed by atoms with Crippen LogP contribution in [0.5, 0.6) is 0 Å². The summed E-state index contributed by atoms with van der Waals surface area (Å²) in [5.41, 5.74) is 1.16. The van der Waals surface area contributed by atoms with Crippen molar-refractivity contribution in [1.82, 2.24) is 0 Å². The van der Waals surface area contributed by atoms with Crippen LogP contribution in [-0.4, -0.2) is 9.30 Å². The van der Waals surface area contributed by atoms with E-state index in [1.165, 1.54) is 6.08 Å². The number of rotatable bonds is 2. The Labute approximate surface area is 92.9 Å². The lowest BCUT2D eigenvalue weighted by molar-refractivity contribution is 0.512. The molecular weight excluding hydrogens is 214 g/mol. The maximum absolute atomic E-state index is 9.50. The van der Waals surface area contributed by atoms with Crippen LogP contribution in [0.4, 0.5) is 0 Å². The molecule has 2 nitrogen and oxygen atoms in total. The number of thiol groups is 1. The highest BCUT2D eigenvalue weighted by atomic mass is 32.1. The first-order valence-electron chi connectivity index (χ1n) is 3.77. The van der Waals surface area contributed by atoms with Gasteiger partial charge in [-0.25, -0.2) is 0 Å². The SMILES string of the molecule is N#Cc1ccc(C(O)=CC(=S)S)cc1. The minimum Gasteiger partial charge on any atom is -0.507 e. The van der Waals surface area contributed by atoms with Crippen molar-refractivity contribution >= 4 is 34.8 Å². The molecule has 4 heteroatoms. The topological polar surface area (TPSA) is 44.0 Å². The van der Waals surface area contributed by atoms with Crippen molar-refractivity contribution in [2.75, 3.05) is 0 Å². The molecule has 0 heterocycles. The molecule has 0 saturated carbocycles. The second-order valence-corrected chi connectivity index (χ2v) is 3.78. The van der Waals surface area contributed by atoms with Crippen molar-refractivity contribution in [3.8, 4) is 6.07 Å². The Kier molecular flexibility index (Phi) is 3.69. The van der Waals surface area contributed by atoms with Crippen LogP contribution in [0.15, 0.2) is 30.3 Å². The molecule has 0 amide bonds. The number of thiocarbonyl (C=S) groups is 1. The number of nitriles is 1. The summed E-state index contributed by atoms with van der Waals surface area (Å²) in [5.74, 6) is 0.0505. The van der Waals surface area contributed by atoms with E-state index in [9.17, 15) is 5.11 Å². The highest BCUT2D eigenvalue weighted by molar-refractivity contribution is 8.11. The second kappa shape index (κ2) is 4.80. The van der Waals surface area contributed by atoms with Crippen molar-refractivity contribution in [3.05, 3.63) is 41.5 Å². The molecule has 0 saturated heterocycles. The number of nitrogens with zero attached hydrogens (tertiary/aromatic N) is 1. The fraction of sp³-hybridized carbons (Fsp3) is 0. The molecule has 0 radical (unpaired) electrons.